The molecule has 0 fully saturated rings. The van der Waals surface area contributed by atoms with Crippen molar-refractivity contribution in [3.63, 3.8) is 0 Å². The van der Waals surface area contributed by atoms with Crippen molar-refractivity contribution in [2.24, 2.45) is 0 Å². The summed E-state index contributed by atoms with van der Waals surface area (Å²) < 4.78 is 0. The minimum atomic E-state index is -0.409. The Labute approximate surface area is 115 Å². The molecule has 0 radical (unpaired) electrons. The van der Waals surface area contributed by atoms with Gasteiger partial charge in [-0.3, -0.25) is 10.1 Å². The molecule has 2 rings (SSSR count). The molecular weight excluding hydrogens is 266 g/mol. The maximum atomic E-state index is 10.7. The summed E-state index contributed by atoms with van der Waals surface area (Å²) in [6.45, 7) is 1.91. The number of hydrogen-bond acceptors (Lipinski definition) is 4. The third-order valence-electron chi connectivity index (χ3n) is 2.71. The van der Waals surface area contributed by atoms with Crippen molar-refractivity contribution in [1.29, 1.82) is 0 Å². The average Bonchev–Trinajstić information content (AvgIpc) is 2.41. The van der Waals surface area contributed by atoms with Crippen LogP contribution in [-0.2, 0) is 0 Å². The maximum Gasteiger partial charge on any atom is 0.269 e. The van der Waals surface area contributed by atoms with Crippen LogP contribution in [0.4, 0.5) is 11.4 Å². The van der Waals surface area contributed by atoms with Crippen molar-refractivity contribution in [2.45, 2.75) is 13.0 Å². The van der Waals surface area contributed by atoms with E-state index < -0.39 is 4.92 Å². The van der Waals surface area contributed by atoms with Gasteiger partial charge in [-0.05, 0) is 24.6 Å². The predicted octanol–water partition coefficient (Wildman–Crippen LogP) is 3.82. The van der Waals surface area contributed by atoms with Crippen LogP contribution in [0.5, 0.6) is 0 Å². The molecule has 6 heteroatoms. The number of anilines is 1. The van der Waals surface area contributed by atoms with Crippen LogP contribution in [-0.4, -0.2) is 9.91 Å². The summed E-state index contributed by atoms with van der Waals surface area (Å²) in [6.07, 6.45) is 1.60. The third kappa shape index (κ3) is 3.20. The smallest absolute Gasteiger partial charge is 0.269 e. The molecule has 2 aromatic rings. The van der Waals surface area contributed by atoms with E-state index in [-0.39, 0.29) is 11.7 Å². The first-order chi connectivity index (χ1) is 9.08. The standard InChI is InChI=1S/C13H12ClN3O2/c1-9(16-12-6-3-7-15-13(12)14)10-4-2-5-11(8-10)17(18)19/h2-9,16H,1H3. The summed E-state index contributed by atoms with van der Waals surface area (Å²) in [6, 6.07) is 9.97. The van der Waals surface area contributed by atoms with Crippen LogP contribution < -0.4 is 5.32 Å². The topological polar surface area (TPSA) is 68.1 Å². The Kier molecular flexibility index (Phi) is 3.97. The number of halogens is 1. The van der Waals surface area contributed by atoms with Gasteiger partial charge in [-0.1, -0.05) is 23.7 Å². The molecule has 98 valence electrons. The van der Waals surface area contributed by atoms with Crippen LogP contribution >= 0.6 is 11.6 Å². The lowest BCUT2D eigenvalue weighted by Crippen LogP contribution is -2.07. The molecule has 1 unspecified atom stereocenters. The molecule has 1 heterocycles. The van der Waals surface area contributed by atoms with Gasteiger partial charge in [0.25, 0.3) is 5.69 Å². The first-order valence-electron chi connectivity index (χ1n) is 5.69. The van der Waals surface area contributed by atoms with Gasteiger partial charge in [-0.25, -0.2) is 4.98 Å². The van der Waals surface area contributed by atoms with Crippen molar-refractivity contribution in [2.75, 3.05) is 5.32 Å². The van der Waals surface area contributed by atoms with Crippen molar-refractivity contribution in [3.05, 3.63) is 63.4 Å². The maximum absolute atomic E-state index is 10.7. The van der Waals surface area contributed by atoms with E-state index in [1.54, 1.807) is 24.4 Å². The summed E-state index contributed by atoms with van der Waals surface area (Å²) in [4.78, 5) is 14.3. The Morgan fingerprint density at radius 3 is 2.84 bits per heavy atom. The number of non-ortho nitro benzene ring substituents is 1. The zero-order chi connectivity index (χ0) is 13.8. The first kappa shape index (κ1) is 13.3. The molecule has 0 aliphatic heterocycles. The van der Waals surface area contributed by atoms with E-state index >= 15 is 0 Å². The minimum Gasteiger partial charge on any atom is -0.376 e. The van der Waals surface area contributed by atoms with Crippen molar-refractivity contribution < 1.29 is 4.92 Å². The highest BCUT2D eigenvalue weighted by molar-refractivity contribution is 6.31. The molecule has 1 aromatic carbocycles. The summed E-state index contributed by atoms with van der Waals surface area (Å²) in [5.41, 5.74) is 1.58. The Balaban J connectivity index is 2.20. The first-order valence-corrected chi connectivity index (χ1v) is 6.07. The molecule has 0 amide bonds. The Morgan fingerprint density at radius 2 is 2.16 bits per heavy atom. The normalized spacial score (nSPS) is 11.9. The number of benzene rings is 1. The van der Waals surface area contributed by atoms with Gasteiger partial charge >= 0.3 is 0 Å². The Morgan fingerprint density at radius 1 is 1.37 bits per heavy atom. The van der Waals surface area contributed by atoms with Crippen LogP contribution in [0.15, 0.2) is 42.6 Å². The lowest BCUT2D eigenvalue weighted by Gasteiger charge is -2.16. The van der Waals surface area contributed by atoms with E-state index in [0.29, 0.717) is 10.8 Å². The lowest BCUT2D eigenvalue weighted by atomic mass is 10.1. The largest absolute Gasteiger partial charge is 0.376 e. The second kappa shape index (κ2) is 5.67. The number of nitro groups is 1. The SMILES string of the molecule is CC(Nc1cccnc1Cl)c1cccc([N+](=O)[O-])c1. The summed E-state index contributed by atoms with van der Waals surface area (Å²) >= 11 is 5.96. The third-order valence-corrected chi connectivity index (χ3v) is 3.01. The second-order valence-electron chi connectivity index (χ2n) is 4.06. The molecule has 0 aliphatic carbocycles. The number of rotatable bonds is 4. The van der Waals surface area contributed by atoms with Crippen LogP contribution in [0, 0.1) is 10.1 Å². The minimum absolute atomic E-state index is 0.0726. The average molecular weight is 278 g/mol. The van der Waals surface area contributed by atoms with Gasteiger partial charge in [0.15, 0.2) is 5.15 Å². The van der Waals surface area contributed by atoms with E-state index in [2.05, 4.69) is 10.3 Å². The molecule has 0 spiro atoms. The Bertz CT molecular complexity index is 604. The molecule has 19 heavy (non-hydrogen) atoms. The Hall–Kier alpha value is -2.14. The zero-order valence-electron chi connectivity index (χ0n) is 10.2. The fourth-order valence-electron chi connectivity index (χ4n) is 1.72. The number of aromatic nitrogens is 1. The van der Waals surface area contributed by atoms with Crippen molar-refractivity contribution >= 4 is 23.0 Å². The van der Waals surface area contributed by atoms with Crippen LogP contribution in [0.25, 0.3) is 0 Å². The monoisotopic (exact) mass is 277 g/mol. The number of pyridine rings is 1. The molecule has 1 aromatic heterocycles. The predicted molar refractivity (Wildman–Crippen MR) is 74.4 cm³/mol. The van der Waals surface area contributed by atoms with Crippen molar-refractivity contribution in [3.8, 4) is 0 Å². The van der Waals surface area contributed by atoms with Gasteiger partial charge in [0.2, 0.25) is 0 Å². The number of nitro benzene ring substituents is 1. The van der Waals surface area contributed by atoms with Gasteiger partial charge < -0.3 is 5.32 Å². The van der Waals surface area contributed by atoms with E-state index in [0.717, 1.165) is 5.56 Å². The lowest BCUT2D eigenvalue weighted by molar-refractivity contribution is -0.384. The number of hydrogen-bond donors (Lipinski definition) is 1. The van der Waals surface area contributed by atoms with Crippen LogP contribution in [0.2, 0.25) is 5.15 Å². The molecule has 1 atom stereocenters. The summed E-state index contributed by atoms with van der Waals surface area (Å²) in [5.74, 6) is 0. The fourth-order valence-corrected chi connectivity index (χ4v) is 1.89. The van der Waals surface area contributed by atoms with Gasteiger partial charge in [0, 0.05) is 24.4 Å². The molecule has 0 saturated heterocycles. The van der Waals surface area contributed by atoms with Crippen LogP contribution in [0.3, 0.4) is 0 Å². The van der Waals surface area contributed by atoms with Crippen molar-refractivity contribution in [1.82, 2.24) is 4.98 Å². The summed E-state index contributed by atoms with van der Waals surface area (Å²) in [5, 5.41) is 14.3. The van der Waals surface area contributed by atoms with E-state index in [1.165, 1.54) is 6.07 Å². The molecule has 5 nitrogen and oxygen atoms in total. The molecule has 0 aliphatic rings. The highest BCUT2D eigenvalue weighted by Gasteiger charge is 2.12. The van der Waals surface area contributed by atoms with E-state index in [4.69, 9.17) is 11.6 Å². The van der Waals surface area contributed by atoms with Crippen LogP contribution in [0.1, 0.15) is 18.5 Å². The number of nitrogens with zero attached hydrogens (tertiary/aromatic N) is 2. The number of nitrogens with one attached hydrogen (secondary N) is 1. The molecule has 0 saturated carbocycles. The van der Waals surface area contributed by atoms with Gasteiger partial charge in [0.05, 0.1) is 10.6 Å². The zero-order valence-corrected chi connectivity index (χ0v) is 11.0. The molecule has 0 bridgehead atoms. The van der Waals surface area contributed by atoms with E-state index in [9.17, 15) is 10.1 Å². The van der Waals surface area contributed by atoms with E-state index in [1.807, 2.05) is 19.1 Å². The second-order valence-corrected chi connectivity index (χ2v) is 4.42. The van der Waals surface area contributed by atoms with Gasteiger partial charge in [0.1, 0.15) is 0 Å². The highest BCUT2D eigenvalue weighted by atomic mass is 35.5. The van der Waals surface area contributed by atoms with Gasteiger partial charge in [-0.15, -0.1) is 0 Å². The highest BCUT2D eigenvalue weighted by Crippen LogP contribution is 2.25. The molecular formula is C13H12ClN3O2. The fraction of sp³-hybridized carbons (Fsp3) is 0.154. The molecule has 1 N–H and O–H groups in total. The van der Waals surface area contributed by atoms with Gasteiger partial charge in [-0.2, -0.15) is 0 Å². The summed E-state index contributed by atoms with van der Waals surface area (Å²) in [7, 11) is 0. The quantitative estimate of drug-likeness (QED) is 0.524.